The second-order valence-corrected chi connectivity index (χ2v) is 7.02. The first kappa shape index (κ1) is 20.9. The molecule has 0 aliphatic rings. The van der Waals surface area contributed by atoms with Gasteiger partial charge in [-0.25, -0.2) is 0 Å². The summed E-state index contributed by atoms with van der Waals surface area (Å²) in [7, 11) is 4.46. The highest BCUT2D eigenvalue weighted by molar-refractivity contribution is 4.94. The summed E-state index contributed by atoms with van der Waals surface area (Å²) in [5.74, 6) is 0. The lowest BCUT2D eigenvalue weighted by Gasteiger charge is -2.43. The molecule has 2 unspecified atom stereocenters. The van der Waals surface area contributed by atoms with E-state index in [0.29, 0.717) is 6.04 Å². The summed E-state index contributed by atoms with van der Waals surface area (Å²) < 4.78 is 0. The Bertz CT molecular complexity index is 228. The third kappa shape index (κ3) is 8.21. The van der Waals surface area contributed by atoms with E-state index in [1.54, 1.807) is 0 Å². The van der Waals surface area contributed by atoms with Crippen LogP contribution in [0.5, 0.6) is 0 Å². The minimum Gasteiger partial charge on any atom is -0.312 e. The monoisotopic (exact) mass is 298 g/mol. The van der Waals surface area contributed by atoms with E-state index in [2.05, 4.69) is 52.0 Å². The van der Waals surface area contributed by atoms with Crippen molar-refractivity contribution >= 4 is 0 Å². The van der Waals surface area contributed by atoms with Crippen LogP contribution in [0.4, 0.5) is 0 Å². The van der Waals surface area contributed by atoms with Gasteiger partial charge in [-0.3, -0.25) is 0 Å². The van der Waals surface area contributed by atoms with Crippen LogP contribution in [0.2, 0.25) is 0 Å². The van der Waals surface area contributed by atoms with Crippen molar-refractivity contribution < 1.29 is 0 Å². The van der Waals surface area contributed by atoms with E-state index in [1.807, 2.05) is 0 Å². The molecule has 0 amide bonds. The molecule has 0 aliphatic carbocycles. The van der Waals surface area contributed by atoms with Crippen molar-refractivity contribution in [3.8, 4) is 0 Å². The molecule has 2 nitrogen and oxygen atoms in total. The highest BCUT2D eigenvalue weighted by Crippen LogP contribution is 2.25. The molecule has 128 valence electrons. The van der Waals surface area contributed by atoms with Gasteiger partial charge in [0.2, 0.25) is 0 Å². The van der Waals surface area contributed by atoms with E-state index in [4.69, 9.17) is 0 Å². The highest BCUT2D eigenvalue weighted by atomic mass is 15.2. The minimum absolute atomic E-state index is 0.275. The van der Waals surface area contributed by atoms with Gasteiger partial charge in [0.1, 0.15) is 0 Å². The van der Waals surface area contributed by atoms with Gasteiger partial charge in [0.05, 0.1) is 0 Å². The van der Waals surface area contributed by atoms with Crippen LogP contribution >= 0.6 is 0 Å². The molecular formula is C19H42N2. The van der Waals surface area contributed by atoms with Gasteiger partial charge < -0.3 is 10.2 Å². The first-order valence-corrected chi connectivity index (χ1v) is 9.43. The number of unbranched alkanes of at least 4 members (excludes halogenated alkanes) is 6. The number of hydrogen-bond donors (Lipinski definition) is 1. The normalized spacial score (nSPS) is 16.1. The zero-order chi connectivity index (χ0) is 16.1. The maximum atomic E-state index is 3.81. The SMILES string of the molecule is CCCCCCCCCC(NCCC)C(C)(CC)N(C)C. The molecule has 0 bridgehead atoms. The minimum atomic E-state index is 0.275. The van der Waals surface area contributed by atoms with Gasteiger partial charge in [-0.2, -0.15) is 0 Å². The van der Waals surface area contributed by atoms with Crippen LogP contribution in [0.25, 0.3) is 0 Å². The third-order valence-electron chi connectivity index (χ3n) is 5.23. The van der Waals surface area contributed by atoms with Crippen LogP contribution in [-0.2, 0) is 0 Å². The van der Waals surface area contributed by atoms with Gasteiger partial charge in [-0.05, 0) is 46.8 Å². The molecule has 0 spiro atoms. The van der Waals surface area contributed by atoms with Crippen LogP contribution in [0.15, 0.2) is 0 Å². The lowest BCUT2D eigenvalue weighted by Crippen LogP contribution is -2.56. The Morgan fingerprint density at radius 3 is 1.90 bits per heavy atom. The van der Waals surface area contributed by atoms with Crippen molar-refractivity contribution in [1.82, 2.24) is 10.2 Å². The Kier molecular flexibility index (Phi) is 12.4. The van der Waals surface area contributed by atoms with E-state index < -0.39 is 0 Å². The largest absolute Gasteiger partial charge is 0.312 e. The topological polar surface area (TPSA) is 15.3 Å². The van der Waals surface area contributed by atoms with Gasteiger partial charge >= 0.3 is 0 Å². The Morgan fingerprint density at radius 2 is 1.43 bits per heavy atom. The van der Waals surface area contributed by atoms with Gasteiger partial charge in [0.15, 0.2) is 0 Å². The van der Waals surface area contributed by atoms with Crippen molar-refractivity contribution in [3.63, 3.8) is 0 Å². The van der Waals surface area contributed by atoms with Crippen LogP contribution in [0.3, 0.4) is 0 Å². The zero-order valence-corrected chi connectivity index (χ0v) is 15.8. The number of nitrogens with zero attached hydrogens (tertiary/aromatic N) is 1. The molecule has 0 aromatic heterocycles. The maximum Gasteiger partial charge on any atom is 0.0325 e. The van der Waals surface area contributed by atoms with Gasteiger partial charge in [-0.15, -0.1) is 0 Å². The second-order valence-electron chi connectivity index (χ2n) is 7.02. The van der Waals surface area contributed by atoms with E-state index >= 15 is 0 Å². The summed E-state index contributed by atoms with van der Waals surface area (Å²) in [5.41, 5.74) is 0.275. The van der Waals surface area contributed by atoms with Crippen molar-refractivity contribution in [3.05, 3.63) is 0 Å². The summed E-state index contributed by atoms with van der Waals surface area (Å²) in [6.07, 6.45) is 13.6. The Morgan fingerprint density at radius 1 is 0.857 bits per heavy atom. The molecule has 0 radical (unpaired) electrons. The van der Waals surface area contributed by atoms with Crippen molar-refractivity contribution in [2.24, 2.45) is 0 Å². The summed E-state index contributed by atoms with van der Waals surface area (Å²) in [4.78, 5) is 2.42. The maximum absolute atomic E-state index is 3.81. The highest BCUT2D eigenvalue weighted by Gasteiger charge is 2.33. The second kappa shape index (κ2) is 12.5. The average Bonchev–Trinajstić information content (AvgIpc) is 2.48. The van der Waals surface area contributed by atoms with Crippen LogP contribution in [0, 0.1) is 0 Å². The Balaban J connectivity index is 4.18. The molecule has 0 rings (SSSR count). The predicted octanol–water partition coefficient (Wildman–Crippen LogP) is 5.23. The van der Waals surface area contributed by atoms with Crippen LogP contribution < -0.4 is 5.32 Å². The van der Waals surface area contributed by atoms with Crippen LogP contribution in [0.1, 0.15) is 91.9 Å². The van der Waals surface area contributed by atoms with E-state index in [1.165, 1.54) is 64.2 Å². The quantitative estimate of drug-likeness (QED) is 0.442. The van der Waals surface area contributed by atoms with Crippen molar-refractivity contribution in [2.45, 2.75) is 103 Å². The number of nitrogens with one attached hydrogen (secondary N) is 1. The van der Waals surface area contributed by atoms with Gasteiger partial charge in [0, 0.05) is 11.6 Å². The molecule has 0 saturated heterocycles. The van der Waals surface area contributed by atoms with Gasteiger partial charge in [-0.1, -0.05) is 65.7 Å². The summed E-state index contributed by atoms with van der Waals surface area (Å²) >= 11 is 0. The number of likely N-dealkylation sites (N-methyl/N-ethyl adjacent to an activating group) is 1. The lowest BCUT2D eigenvalue weighted by molar-refractivity contribution is 0.106. The molecule has 0 aliphatic heterocycles. The fourth-order valence-electron chi connectivity index (χ4n) is 3.13. The van der Waals surface area contributed by atoms with E-state index in [0.717, 1.165) is 6.54 Å². The van der Waals surface area contributed by atoms with E-state index in [-0.39, 0.29) is 5.54 Å². The number of rotatable bonds is 14. The molecule has 2 heteroatoms. The Labute approximate surface area is 135 Å². The molecular weight excluding hydrogens is 256 g/mol. The molecule has 0 aromatic rings. The summed E-state index contributed by atoms with van der Waals surface area (Å²) in [6, 6.07) is 0.619. The zero-order valence-electron chi connectivity index (χ0n) is 15.8. The van der Waals surface area contributed by atoms with Gasteiger partial charge in [0.25, 0.3) is 0 Å². The third-order valence-corrected chi connectivity index (χ3v) is 5.23. The molecule has 2 atom stereocenters. The summed E-state index contributed by atoms with van der Waals surface area (Å²) in [6.45, 7) is 10.4. The standard InChI is InChI=1S/C19H42N2/c1-7-10-11-12-13-14-15-16-18(20-17-8-2)19(4,9-3)21(5)6/h18,20H,7-17H2,1-6H3. The molecule has 0 fully saturated rings. The smallest absolute Gasteiger partial charge is 0.0325 e. The fraction of sp³-hybridized carbons (Fsp3) is 1.00. The average molecular weight is 299 g/mol. The molecule has 0 heterocycles. The molecule has 0 saturated carbocycles. The first-order valence-electron chi connectivity index (χ1n) is 9.43. The molecule has 0 aromatic carbocycles. The van der Waals surface area contributed by atoms with Crippen molar-refractivity contribution in [2.75, 3.05) is 20.6 Å². The molecule has 21 heavy (non-hydrogen) atoms. The molecule has 1 N–H and O–H groups in total. The fourth-order valence-corrected chi connectivity index (χ4v) is 3.13. The van der Waals surface area contributed by atoms with Crippen molar-refractivity contribution in [1.29, 1.82) is 0 Å². The van der Waals surface area contributed by atoms with E-state index in [9.17, 15) is 0 Å². The Hall–Kier alpha value is -0.0800. The van der Waals surface area contributed by atoms with Crippen LogP contribution in [-0.4, -0.2) is 37.1 Å². The summed E-state index contributed by atoms with van der Waals surface area (Å²) in [5, 5.41) is 3.81. The lowest BCUT2D eigenvalue weighted by atomic mass is 9.84. The number of hydrogen-bond acceptors (Lipinski definition) is 2. The first-order chi connectivity index (χ1) is 10.0. The predicted molar refractivity (Wildman–Crippen MR) is 97.1 cm³/mol.